The average Bonchev–Trinajstić information content (AvgIpc) is 2.89. The van der Waals surface area contributed by atoms with Gasteiger partial charge in [-0.3, -0.25) is 34.2 Å². The van der Waals surface area contributed by atoms with Gasteiger partial charge in [0.25, 0.3) is 0 Å². The molecule has 0 aliphatic carbocycles. The molecule has 1 radical (unpaired) electrons. The van der Waals surface area contributed by atoms with Crippen LogP contribution in [0.3, 0.4) is 0 Å². The van der Waals surface area contributed by atoms with E-state index in [1.165, 1.54) is 18.7 Å². The zero-order valence-corrected chi connectivity index (χ0v) is 24.4. The van der Waals surface area contributed by atoms with Crippen LogP contribution in [0, 0.1) is 11.3 Å². The van der Waals surface area contributed by atoms with E-state index in [0.29, 0.717) is 25.1 Å². The van der Waals surface area contributed by atoms with E-state index in [1.807, 2.05) is 20.1 Å². The molecule has 11 N–H and O–H groups in total. The summed E-state index contributed by atoms with van der Waals surface area (Å²) in [5, 5.41) is 22.3. The van der Waals surface area contributed by atoms with E-state index in [-0.39, 0.29) is 31.3 Å². The minimum absolute atomic E-state index is 0.0217. The third-order valence-corrected chi connectivity index (χ3v) is 6.07. The Bertz CT molecular complexity index is 874. The molecule has 0 rings (SSSR count). The van der Waals surface area contributed by atoms with Gasteiger partial charge in [-0.15, -0.1) is 0 Å². The van der Waals surface area contributed by atoms with Gasteiger partial charge in [0.2, 0.25) is 35.8 Å². The summed E-state index contributed by atoms with van der Waals surface area (Å²) in [7, 11) is 0. The number of amides is 5. The zero-order valence-electron chi connectivity index (χ0n) is 23.6. The molecule has 0 bridgehead atoms. The minimum Gasteiger partial charge on any atom is -0.370 e. The predicted molar refractivity (Wildman–Crippen MR) is 153 cm³/mol. The number of guanidine groups is 1. The van der Waals surface area contributed by atoms with Crippen LogP contribution in [0.2, 0.25) is 0 Å². The van der Waals surface area contributed by atoms with Crippen LogP contribution in [-0.4, -0.2) is 97.6 Å². The average molecular weight is 587 g/mol. The number of rotatable bonds is 20. The highest BCUT2D eigenvalue weighted by atomic mass is 32.2. The first kappa shape index (κ1) is 36.6. The van der Waals surface area contributed by atoms with Crippen molar-refractivity contribution in [1.29, 1.82) is 5.41 Å². The molecule has 40 heavy (non-hydrogen) atoms. The molecule has 16 heteroatoms. The Morgan fingerprint density at radius 1 is 0.875 bits per heavy atom. The maximum absolute atomic E-state index is 12.8. The van der Waals surface area contributed by atoms with Crippen LogP contribution in [0.1, 0.15) is 46.5 Å². The number of nitrogens with two attached hydrogens (primary N) is 2. The van der Waals surface area contributed by atoms with Crippen molar-refractivity contribution in [3.8, 4) is 0 Å². The first-order valence-corrected chi connectivity index (χ1v) is 14.4. The van der Waals surface area contributed by atoms with Crippen LogP contribution in [0.4, 0.5) is 0 Å². The normalized spacial score (nSPS) is 13.7. The van der Waals surface area contributed by atoms with Crippen LogP contribution in [0.15, 0.2) is 0 Å². The Balaban J connectivity index is 4.97. The summed E-state index contributed by atoms with van der Waals surface area (Å²) in [4.78, 5) is 73.3. The largest absolute Gasteiger partial charge is 0.370 e. The van der Waals surface area contributed by atoms with Crippen molar-refractivity contribution in [1.82, 2.24) is 31.9 Å². The second-order valence-corrected chi connectivity index (χ2v) is 10.5. The van der Waals surface area contributed by atoms with Gasteiger partial charge in [-0.2, -0.15) is 11.8 Å². The van der Waals surface area contributed by atoms with E-state index in [9.17, 15) is 28.8 Å². The van der Waals surface area contributed by atoms with Gasteiger partial charge in [-0.05, 0) is 50.5 Å². The summed E-state index contributed by atoms with van der Waals surface area (Å²) in [5.74, 6) is -2.50. The molecule has 0 heterocycles. The fourth-order valence-corrected chi connectivity index (χ4v) is 3.84. The molecule has 5 amide bonds. The van der Waals surface area contributed by atoms with Gasteiger partial charge >= 0.3 is 0 Å². The van der Waals surface area contributed by atoms with E-state index in [1.54, 1.807) is 6.29 Å². The lowest BCUT2D eigenvalue weighted by atomic mass is 10.0. The minimum atomic E-state index is -1.04. The van der Waals surface area contributed by atoms with Gasteiger partial charge < -0.3 is 43.4 Å². The Morgan fingerprint density at radius 2 is 1.55 bits per heavy atom. The van der Waals surface area contributed by atoms with Gasteiger partial charge in [0.15, 0.2) is 5.96 Å². The topological polar surface area (TPSA) is 250 Å². The number of hydrogen-bond acceptors (Lipinski definition) is 9. The monoisotopic (exact) mass is 586 g/mol. The standard InChI is InChI=1S/C24H44N9O6S/c1-14(2)10-18(23(39)31-16(13-34)6-5-8-28-24(26)27)33-21(37)15(3)30-20(36)12-29-22(38)17(7-9-40-4)32-19(35)11-25/h14-18H,5-12,25H2,1-4H3,(H,29,38)(H,30,36)(H,31,39)(H,32,35)(H,33,37)(H4,26,27,28). The van der Waals surface area contributed by atoms with Gasteiger partial charge in [-0.25, -0.2) is 0 Å². The molecule has 0 fully saturated rings. The number of carbonyl (C=O) groups is 5. The van der Waals surface area contributed by atoms with Crippen molar-refractivity contribution < 1.29 is 28.8 Å². The Labute approximate surface area is 239 Å². The van der Waals surface area contributed by atoms with Crippen molar-refractivity contribution in [3.05, 3.63) is 0 Å². The number of thioether (sulfide) groups is 1. The number of hydrogen-bond donors (Lipinski definition) is 9. The Morgan fingerprint density at radius 3 is 2.10 bits per heavy atom. The molecule has 227 valence electrons. The van der Waals surface area contributed by atoms with Crippen molar-refractivity contribution >= 4 is 53.5 Å². The molecular weight excluding hydrogens is 542 g/mol. The van der Waals surface area contributed by atoms with Gasteiger partial charge in [0.1, 0.15) is 18.1 Å². The van der Waals surface area contributed by atoms with Crippen LogP contribution >= 0.6 is 11.8 Å². The lowest BCUT2D eigenvalue weighted by Gasteiger charge is -2.24. The van der Waals surface area contributed by atoms with Gasteiger partial charge in [-0.1, -0.05) is 13.8 Å². The lowest BCUT2D eigenvalue weighted by Crippen LogP contribution is -2.56. The molecule has 0 aromatic carbocycles. The van der Waals surface area contributed by atoms with Crippen molar-refractivity contribution in [2.75, 3.05) is 31.6 Å². The molecule has 0 spiro atoms. The van der Waals surface area contributed by atoms with Gasteiger partial charge in [0, 0.05) is 6.54 Å². The van der Waals surface area contributed by atoms with Crippen LogP contribution in [0.5, 0.6) is 0 Å². The summed E-state index contributed by atoms with van der Waals surface area (Å²) in [6.07, 6.45) is 4.93. The summed E-state index contributed by atoms with van der Waals surface area (Å²) >= 11 is 1.49. The van der Waals surface area contributed by atoms with E-state index in [4.69, 9.17) is 16.9 Å². The van der Waals surface area contributed by atoms with E-state index in [0.717, 1.165) is 0 Å². The van der Waals surface area contributed by atoms with Crippen LogP contribution in [0.25, 0.3) is 0 Å². The highest BCUT2D eigenvalue weighted by molar-refractivity contribution is 7.98. The first-order chi connectivity index (χ1) is 18.8. The zero-order chi connectivity index (χ0) is 30.7. The summed E-state index contributed by atoms with van der Waals surface area (Å²) in [6.45, 7) is 4.77. The van der Waals surface area contributed by atoms with Crippen LogP contribution < -0.4 is 43.4 Å². The molecule has 0 saturated heterocycles. The van der Waals surface area contributed by atoms with Crippen molar-refractivity contribution in [2.45, 2.75) is 70.6 Å². The summed E-state index contributed by atoms with van der Waals surface area (Å²) < 4.78 is 0. The Kier molecular flexibility index (Phi) is 18.8. The first-order valence-electron chi connectivity index (χ1n) is 13.0. The highest BCUT2D eigenvalue weighted by Crippen LogP contribution is 2.07. The molecule has 0 aromatic heterocycles. The molecule has 4 atom stereocenters. The van der Waals surface area contributed by atoms with Crippen molar-refractivity contribution in [3.63, 3.8) is 0 Å². The lowest BCUT2D eigenvalue weighted by molar-refractivity contribution is -0.132. The molecule has 15 nitrogen and oxygen atoms in total. The third kappa shape index (κ3) is 16.5. The van der Waals surface area contributed by atoms with E-state index in [2.05, 4.69) is 31.9 Å². The smallest absolute Gasteiger partial charge is 0.243 e. The second-order valence-electron chi connectivity index (χ2n) is 9.47. The quantitative estimate of drug-likeness (QED) is 0.0402. The highest BCUT2D eigenvalue weighted by Gasteiger charge is 2.27. The maximum atomic E-state index is 12.8. The maximum Gasteiger partial charge on any atom is 0.243 e. The molecule has 4 unspecified atom stereocenters. The number of nitrogens with one attached hydrogen (secondary N) is 7. The number of carbonyl (C=O) groups excluding carboxylic acids is 6. The SMILES string of the molecule is CSCCC(NC(=O)CN)C(=O)NCC(=O)NC(C)C(=O)NC(CC(C)C)C(=O)NC([C]=O)CCCNC(=N)N. The molecular formula is C24H44N9O6S. The van der Waals surface area contributed by atoms with E-state index < -0.39 is 60.2 Å². The molecule has 0 saturated carbocycles. The van der Waals surface area contributed by atoms with Crippen LogP contribution in [-0.2, 0) is 28.8 Å². The fourth-order valence-electron chi connectivity index (χ4n) is 3.37. The molecule has 0 aliphatic heterocycles. The van der Waals surface area contributed by atoms with Gasteiger partial charge in [0.05, 0.1) is 19.1 Å². The summed E-state index contributed by atoms with van der Waals surface area (Å²) in [5.41, 5.74) is 10.5. The third-order valence-electron chi connectivity index (χ3n) is 5.43. The predicted octanol–water partition coefficient (Wildman–Crippen LogP) is -2.81. The second kappa shape index (κ2) is 20.5. The van der Waals surface area contributed by atoms with Crippen molar-refractivity contribution in [2.24, 2.45) is 17.4 Å². The fraction of sp³-hybridized carbons (Fsp3) is 0.708. The molecule has 0 aromatic rings. The summed E-state index contributed by atoms with van der Waals surface area (Å²) in [6, 6.07) is -3.78. The Hall–Kier alpha value is -3.40. The van der Waals surface area contributed by atoms with E-state index >= 15 is 0 Å². The molecule has 0 aliphatic rings.